The molecule has 0 aromatic heterocycles. The zero-order valence-corrected chi connectivity index (χ0v) is 15.8. The number of carbonyl (C=O) groups excluding carboxylic acids is 1. The number of likely N-dealkylation sites (N-methyl/N-ethyl adjacent to an activating group) is 1. The number of hydrogen-bond donors (Lipinski definition) is 1. The van der Waals surface area contributed by atoms with E-state index in [1.54, 1.807) is 29.2 Å². The summed E-state index contributed by atoms with van der Waals surface area (Å²) in [6.07, 6.45) is 1.89. The van der Waals surface area contributed by atoms with E-state index in [9.17, 15) is 9.90 Å². The third-order valence-electron chi connectivity index (χ3n) is 3.97. The second kappa shape index (κ2) is 7.66. The average molecular weight is 367 g/mol. The fourth-order valence-electron chi connectivity index (χ4n) is 2.56. The summed E-state index contributed by atoms with van der Waals surface area (Å²) in [6, 6.07) is 14.7. The van der Waals surface area contributed by atoms with Crippen molar-refractivity contribution < 1.29 is 9.90 Å². The van der Waals surface area contributed by atoms with Gasteiger partial charge in [-0.1, -0.05) is 18.2 Å². The molecule has 0 radical (unpaired) electrons. The number of nitrogens with zero attached hydrogens (tertiary/aromatic N) is 3. The Morgan fingerprint density at radius 1 is 1.19 bits per heavy atom. The normalized spacial score (nSPS) is 17.3. The molecule has 0 atom stereocenters. The predicted octanol–water partition coefficient (Wildman–Crippen LogP) is 4.08. The maximum atomic E-state index is 12.7. The van der Waals surface area contributed by atoms with Crippen molar-refractivity contribution in [3.63, 3.8) is 0 Å². The van der Waals surface area contributed by atoms with E-state index in [2.05, 4.69) is 4.99 Å². The molecule has 0 spiro atoms. The molecule has 1 saturated heterocycles. The first-order valence-electron chi connectivity index (χ1n) is 8.34. The third kappa shape index (κ3) is 3.91. The van der Waals surface area contributed by atoms with E-state index < -0.39 is 0 Å². The smallest absolute Gasteiger partial charge is 0.266 e. The molecule has 2 aromatic rings. The van der Waals surface area contributed by atoms with Crippen LogP contribution in [0, 0.1) is 0 Å². The summed E-state index contributed by atoms with van der Waals surface area (Å²) < 4.78 is 0. The first kappa shape index (κ1) is 18.1. The van der Waals surface area contributed by atoms with Gasteiger partial charge in [-0.3, -0.25) is 9.69 Å². The van der Waals surface area contributed by atoms with Crippen molar-refractivity contribution in [2.75, 3.05) is 25.5 Å². The van der Waals surface area contributed by atoms with Crippen molar-refractivity contribution >= 4 is 40.3 Å². The molecule has 1 heterocycles. The summed E-state index contributed by atoms with van der Waals surface area (Å²) in [6.45, 7) is 2.46. The van der Waals surface area contributed by atoms with E-state index in [0.29, 0.717) is 22.3 Å². The van der Waals surface area contributed by atoms with Crippen LogP contribution < -0.4 is 4.90 Å². The monoisotopic (exact) mass is 367 g/mol. The van der Waals surface area contributed by atoms with Crippen LogP contribution in [0.5, 0.6) is 5.75 Å². The highest BCUT2D eigenvalue weighted by atomic mass is 32.2. The van der Waals surface area contributed by atoms with Gasteiger partial charge in [-0.15, -0.1) is 0 Å². The quantitative estimate of drug-likeness (QED) is 0.827. The van der Waals surface area contributed by atoms with E-state index in [0.717, 1.165) is 11.3 Å². The number of phenolic OH excluding ortho intramolecular Hbond substituents is 1. The molecular weight excluding hydrogens is 346 g/mol. The Morgan fingerprint density at radius 3 is 2.54 bits per heavy atom. The fraction of sp³-hybridized carbons (Fsp3) is 0.200. The summed E-state index contributed by atoms with van der Waals surface area (Å²) in [7, 11) is 3.99. The molecule has 26 heavy (non-hydrogen) atoms. The van der Waals surface area contributed by atoms with Gasteiger partial charge >= 0.3 is 0 Å². The van der Waals surface area contributed by atoms with Gasteiger partial charge in [0.05, 0.1) is 10.6 Å². The van der Waals surface area contributed by atoms with Crippen LogP contribution in [0.1, 0.15) is 12.5 Å². The van der Waals surface area contributed by atoms with Crippen LogP contribution in [0.25, 0.3) is 6.08 Å². The lowest BCUT2D eigenvalue weighted by Gasteiger charge is -2.12. The van der Waals surface area contributed by atoms with Crippen molar-refractivity contribution in [2.24, 2.45) is 4.99 Å². The van der Waals surface area contributed by atoms with Crippen LogP contribution in [0.15, 0.2) is 58.4 Å². The summed E-state index contributed by atoms with van der Waals surface area (Å²) in [5.41, 5.74) is 2.70. The predicted molar refractivity (Wildman–Crippen MR) is 109 cm³/mol. The number of anilines is 1. The Kier molecular flexibility index (Phi) is 5.32. The minimum Gasteiger partial charge on any atom is -0.508 e. The number of carbonyl (C=O) groups is 1. The number of thioether (sulfide) groups is 1. The minimum atomic E-state index is -0.0481. The number of amidine groups is 1. The second-order valence-electron chi connectivity index (χ2n) is 6.06. The molecule has 1 amide bonds. The lowest BCUT2D eigenvalue weighted by Crippen LogP contribution is -2.28. The van der Waals surface area contributed by atoms with Crippen LogP contribution in [-0.2, 0) is 4.79 Å². The highest BCUT2D eigenvalue weighted by Gasteiger charge is 2.32. The molecule has 5 nitrogen and oxygen atoms in total. The third-order valence-corrected chi connectivity index (χ3v) is 4.97. The molecule has 1 aliphatic heterocycles. The standard InChI is InChI=1S/C20H21N3O2S/c1-4-23-19(25)18(12-14-8-10-16(11-9-14)22(2)3)26-20(23)21-15-6-5-7-17(24)13-15/h5-13,24H,4H2,1-3H3/b18-12-,21-20?. The molecule has 0 bridgehead atoms. The average Bonchev–Trinajstić information content (AvgIpc) is 2.90. The van der Waals surface area contributed by atoms with E-state index in [1.807, 2.05) is 56.3 Å². The molecule has 6 heteroatoms. The minimum absolute atomic E-state index is 0.0481. The van der Waals surface area contributed by atoms with E-state index in [1.165, 1.54) is 11.8 Å². The molecule has 1 fully saturated rings. The zero-order valence-electron chi connectivity index (χ0n) is 15.0. The Bertz CT molecular complexity index is 873. The van der Waals surface area contributed by atoms with Gasteiger partial charge in [-0.25, -0.2) is 4.99 Å². The molecule has 1 aliphatic rings. The SMILES string of the molecule is CCN1C(=O)/C(=C/c2ccc(N(C)C)cc2)SC1=Nc1cccc(O)c1. The molecule has 1 N–H and O–H groups in total. The number of benzene rings is 2. The summed E-state index contributed by atoms with van der Waals surface area (Å²) >= 11 is 1.35. The number of amides is 1. The number of aliphatic imine (C=N–C) groups is 1. The van der Waals surface area contributed by atoms with Crippen molar-refractivity contribution in [1.82, 2.24) is 4.90 Å². The largest absolute Gasteiger partial charge is 0.508 e. The molecule has 3 rings (SSSR count). The van der Waals surface area contributed by atoms with Crippen molar-refractivity contribution in [3.8, 4) is 5.75 Å². The molecule has 0 saturated carbocycles. The molecule has 134 valence electrons. The van der Waals surface area contributed by atoms with Gasteiger partial charge in [-0.05, 0) is 54.6 Å². The molecule has 2 aromatic carbocycles. The van der Waals surface area contributed by atoms with E-state index >= 15 is 0 Å². The van der Waals surface area contributed by atoms with Gasteiger partial charge in [0, 0.05) is 32.4 Å². The number of aromatic hydroxyl groups is 1. The van der Waals surface area contributed by atoms with Crippen LogP contribution >= 0.6 is 11.8 Å². The Labute approximate surface area is 157 Å². The summed E-state index contributed by atoms with van der Waals surface area (Å²) in [5, 5.41) is 10.2. The van der Waals surface area contributed by atoms with Crippen molar-refractivity contribution in [3.05, 3.63) is 59.0 Å². The first-order valence-corrected chi connectivity index (χ1v) is 9.16. The van der Waals surface area contributed by atoms with Gasteiger partial charge in [0.2, 0.25) is 0 Å². The fourth-order valence-corrected chi connectivity index (χ4v) is 3.63. The Balaban J connectivity index is 1.89. The van der Waals surface area contributed by atoms with Crippen LogP contribution in [0.2, 0.25) is 0 Å². The highest BCUT2D eigenvalue weighted by Crippen LogP contribution is 2.34. The number of rotatable bonds is 4. The number of hydrogen-bond acceptors (Lipinski definition) is 5. The molecular formula is C20H21N3O2S. The van der Waals surface area contributed by atoms with Crippen molar-refractivity contribution in [1.29, 1.82) is 0 Å². The second-order valence-corrected chi connectivity index (χ2v) is 7.07. The highest BCUT2D eigenvalue weighted by molar-refractivity contribution is 8.18. The van der Waals surface area contributed by atoms with Gasteiger partial charge in [0.1, 0.15) is 5.75 Å². The van der Waals surface area contributed by atoms with E-state index in [4.69, 9.17) is 0 Å². The maximum absolute atomic E-state index is 12.7. The molecule has 0 unspecified atom stereocenters. The summed E-state index contributed by atoms with van der Waals surface area (Å²) in [5.74, 6) is 0.106. The lowest BCUT2D eigenvalue weighted by atomic mass is 10.2. The summed E-state index contributed by atoms with van der Waals surface area (Å²) in [4.78, 5) is 21.5. The first-order chi connectivity index (χ1) is 12.5. The molecule has 0 aliphatic carbocycles. The van der Waals surface area contributed by atoms with Gasteiger partial charge in [0.25, 0.3) is 5.91 Å². The van der Waals surface area contributed by atoms with Gasteiger partial charge < -0.3 is 10.0 Å². The van der Waals surface area contributed by atoms with Crippen LogP contribution in [0.4, 0.5) is 11.4 Å². The van der Waals surface area contributed by atoms with Gasteiger partial charge in [0.15, 0.2) is 5.17 Å². The lowest BCUT2D eigenvalue weighted by molar-refractivity contribution is -0.122. The number of phenols is 1. The zero-order chi connectivity index (χ0) is 18.7. The van der Waals surface area contributed by atoms with Gasteiger partial charge in [-0.2, -0.15) is 0 Å². The van der Waals surface area contributed by atoms with E-state index in [-0.39, 0.29) is 11.7 Å². The Hall–Kier alpha value is -2.73. The Morgan fingerprint density at radius 2 is 1.92 bits per heavy atom. The topological polar surface area (TPSA) is 56.1 Å². The van der Waals surface area contributed by atoms with Crippen LogP contribution in [0.3, 0.4) is 0 Å². The maximum Gasteiger partial charge on any atom is 0.266 e. The van der Waals surface area contributed by atoms with Crippen molar-refractivity contribution in [2.45, 2.75) is 6.92 Å². The van der Waals surface area contributed by atoms with Crippen LogP contribution in [-0.4, -0.2) is 41.7 Å².